The molecule has 0 aliphatic heterocycles. The number of hydrogen-bond acceptors (Lipinski definition) is 4. The van der Waals surface area contributed by atoms with Crippen molar-refractivity contribution in [2.24, 2.45) is 63.7 Å². The highest BCUT2D eigenvalue weighted by atomic mass is 16.6. The average Bonchev–Trinajstić information content (AvgIpc) is 3.31. The number of nitrogens with two attached hydrogens (primary N) is 2. The Labute approximate surface area is 284 Å². The van der Waals surface area contributed by atoms with Crippen molar-refractivity contribution in [1.29, 1.82) is 0 Å². The normalized spacial score (nSPS) is 34.3. The molecule has 5 nitrogen and oxygen atoms in total. The van der Waals surface area contributed by atoms with Crippen LogP contribution in [0, 0.1) is 52.3 Å². The lowest BCUT2D eigenvalue weighted by molar-refractivity contribution is -0.0596. The van der Waals surface area contributed by atoms with Crippen LogP contribution in [0.3, 0.4) is 0 Å². The first-order valence-corrected chi connectivity index (χ1v) is 19.6. The molecule has 0 radical (unpaired) electrons. The molecule has 1 amide bonds. The highest BCUT2D eigenvalue weighted by Gasteiger charge is 2.59. The molecule has 0 spiro atoms. The summed E-state index contributed by atoms with van der Waals surface area (Å²) in [5.74, 6) is 5.89. The third-order valence-electron chi connectivity index (χ3n) is 14.1. The zero-order valence-corrected chi connectivity index (χ0v) is 31.9. The van der Waals surface area contributed by atoms with Crippen LogP contribution in [0.2, 0.25) is 0 Å². The van der Waals surface area contributed by atoms with Crippen LogP contribution in [0.25, 0.3) is 0 Å². The summed E-state index contributed by atoms with van der Waals surface area (Å²) in [4.78, 5) is 15.4. The zero-order valence-electron chi connectivity index (χ0n) is 31.9. The Bertz CT molecular complexity index is 1040. The van der Waals surface area contributed by atoms with Gasteiger partial charge < -0.3 is 21.1 Å². The number of allylic oxidation sites excluding steroid dienone is 1. The molecule has 0 unspecified atom stereocenters. The number of carbonyl (C=O) groups excluding carboxylic acids is 1. The molecular formula is C41H75N3O2. The average molecular weight is 642 g/mol. The van der Waals surface area contributed by atoms with Gasteiger partial charge in [-0.05, 0) is 151 Å². The van der Waals surface area contributed by atoms with E-state index in [1.54, 1.807) is 5.57 Å². The minimum atomic E-state index is -0.318. The van der Waals surface area contributed by atoms with E-state index in [4.69, 9.17) is 16.2 Å². The Morgan fingerprint density at radius 2 is 1.65 bits per heavy atom. The van der Waals surface area contributed by atoms with Gasteiger partial charge in [-0.15, -0.1) is 0 Å². The van der Waals surface area contributed by atoms with Crippen LogP contribution in [0.4, 0.5) is 4.79 Å². The highest BCUT2D eigenvalue weighted by Crippen LogP contribution is 2.67. The molecule has 0 bridgehead atoms. The highest BCUT2D eigenvalue weighted by molar-refractivity contribution is 5.68. The summed E-state index contributed by atoms with van der Waals surface area (Å²) in [6.45, 7) is 24.5. The zero-order chi connectivity index (χ0) is 34.1. The molecule has 3 saturated carbocycles. The van der Waals surface area contributed by atoms with E-state index >= 15 is 0 Å². The third-order valence-corrected chi connectivity index (χ3v) is 14.1. The van der Waals surface area contributed by atoms with Crippen LogP contribution < -0.4 is 11.5 Å². The molecule has 0 aromatic heterocycles. The maximum atomic E-state index is 13.5. The van der Waals surface area contributed by atoms with Crippen molar-refractivity contribution in [1.82, 2.24) is 4.90 Å². The number of ether oxygens (including phenoxy) is 1. The molecule has 266 valence electrons. The van der Waals surface area contributed by atoms with Crippen molar-refractivity contribution in [2.45, 2.75) is 176 Å². The Morgan fingerprint density at radius 1 is 0.957 bits per heavy atom. The smallest absolute Gasteiger partial charge is 0.410 e. The van der Waals surface area contributed by atoms with Crippen molar-refractivity contribution in [3.8, 4) is 0 Å². The topological polar surface area (TPSA) is 81.6 Å². The molecule has 0 saturated heterocycles. The molecule has 0 aromatic carbocycles. The van der Waals surface area contributed by atoms with Gasteiger partial charge in [0.15, 0.2) is 0 Å². The van der Waals surface area contributed by atoms with E-state index in [9.17, 15) is 4.79 Å². The molecule has 4 rings (SSSR count). The van der Waals surface area contributed by atoms with Crippen molar-refractivity contribution in [3.05, 3.63) is 11.6 Å². The fourth-order valence-electron chi connectivity index (χ4n) is 11.1. The summed E-state index contributed by atoms with van der Waals surface area (Å²) >= 11 is 0. The summed E-state index contributed by atoms with van der Waals surface area (Å²) in [7, 11) is 0. The van der Waals surface area contributed by atoms with Gasteiger partial charge in [-0.3, -0.25) is 0 Å². The second-order valence-corrected chi connectivity index (χ2v) is 19.0. The van der Waals surface area contributed by atoms with Gasteiger partial charge >= 0.3 is 6.09 Å². The Balaban J connectivity index is 1.38. The van der Waals surface area contributed by atoms with E-state index in [2.05, 4.69) is 61.5 Å². The summed E-state index contributed by atoms with van der Waals surface area (Å²) in [5, 5.41) is 0. The van der Waals surface area contributed by atoms with Crippen molar-refractivity contribution in [3.63, 3.8) is 0 Å². The maximum absolute atomic E-state index is 13.5. The van der Waals surface area contributed by atoms with Crippen molar-refractivity contribution >= 4 is 6.09 Å². The van der Waals surface area contributed by atoms with Gasteiger partial charge in [-0.25, -0.2) is 4.79 Å². The number of fused-ring (bicyclic) bond motifs is 5. The molecule has 0 aromatic rings. The van der Waals surface area contributed by atoms with E-state index in [1.807, 2.05) is 18.7 Å². The fraction of sp³-hybridized carbons (Fsp3) is 0.927. The fourth-order valence-corrected chi connectivity index (χ4v) is 11.1. The van der Waals surface area contributed by atoms with Crippen LogP contribution in [-0.4, -0.2) is 41.3 Å². The van der Waals surface area contributed by atoms with E-state index in [0.29, 0.717) is 18.5 Å². The standard InChI is InChI=1S/C41H75N3O2/c1-11-30(28(2)3)14-13-29(4)34-17-18-35-33-16-15-31-27-32(19-22-40(31,9)36(33)20-23-41(34,35)10)46-37(45)44(26-24-39(7,8)43)25-12-21-38(5,6)42/h15,28-30,32-36H,11-14,16-27,42-43H2,1-10H3/t29-,30-,32+,33+,34-,35+,36+,40+,41-/m1/s1. The molecule has 9 atom stereocenters. The lowest BCUT2D eigenvalue weighted by Gasteiger charge is -2.58. The first kappa shape index (κ1) is 37.7. The molecule has 4 aliphatic carbocycles. The Morgan fingerprint density at radius 3 is 2.28 bits per heavy atom. The second kappa shape index (κ2) is 14.8. The molecule has 4 aliphatic rings. The quantitative estimate of drug-likeness (QED) is 0.185. The molecule has 0 heterocycles. The minimum absolute atomic E-state index is 0.0222. The predicted octanol–water partition coefficient (Wildman–Crippen LogP) is 10.1. The van der Waals surface area contributed by atoms with Crippen LogP contribution >= 0.6 is 0 Å². The van der Waals surface area contributed by atoms with Crippen LogP contribution in [0.15, 0.2) is 11.6 Å². The van der Waals surface area contributed by atoms with Crippen LogP contribution in [0.1, 0.15) is 159 Å². The van der Waals surface area contributed by atoms with Gasteiger partial charge in [0.2, 0.25) is 0 Å². The minimum Gasteiger partial charge on any atom is -0.446 e. The maximum Gasteiger partial charge on any atom is 0.410 e. The van der Waals surface area contributed by atoms with Gasteiger partial charge in [0.1, 0.15) is 6.10 Å². The number of rotatable bonds is 14. The molecule has 3 fully saturated rings. The number of hydrogen-bond donors (Lipinski definition) is 2. The summed E-state index contributed by atoms with van der Waals surface area (Å²) in [6.07, 6.45) is 19.0. The Kier molecular flexibility index (Phi) is 12.2. The van der Waals surface area contributed by atoms with Crippen LogP contribution in [0.5, 0.6) is 0 Å². The number of amides is 1. The van der Waals surface area contributed by atoms with Gasteiger partial charge in [-0.2, -0.15) is 0 Å². The van der Waals surface area contributed by atoms with E-state index in [-0.39, 0.29) is 28.7 Å². The van der Waals surface area contributed by atoms with Crippen molar-refractivity contribution < 1.29 is 9.53 Å². The number of nitrogens with zero attached hydrogens (tertiary/aromatic N) is 1. The van der Waals surface area contributed by atoms with E-state index in [0.717, 1.165) is 80.0 Å². The first-order chi connectivity index (χ1) is 21.4. The summed E-state index contributed by atoms with van der Waals surface area (Å²) in [5.41, 5.74) is 14.4. The van der Waals surface area contributed by atoms with Crippen molar-refractivity contribution in [2.75, 3.05) is 13.1 Å². The largest absolute Gasteiger partial charge is 0.446 e. The van der Waals surface area contributed by atoms with E-state index < -0.39 is 0 Å². The second-order valence-electron chi connectivity index (χ2n) is 19.0. The van der Waals surface area contributed by atoms with Crippen LogP contribution in [-0.2, 0) is 4.74 Å². The Hall–Kier alpha value is -1.07. The molecular weight excluding hydrogens is 566 g/mol. The number of carbonyl (C=O) groups is 1. The van der Waals surface area contributed by atoms with E-state index in [1.165, 1.54) is 51.4 Å². The third kappa shape index (κ3) is 8.74. The molecule has 4 N–H and O–H groups in total. The summed E-state index contributed by atoms with van der Waals surface area (Å²) < 4.78 is 6.29. The predicted molar refractivity (Wildman–Crippen MR) is 194 cm³/mol. The lowest BCUT2D eigenvalue weighted by atomic mass is 9.47. The molecule has 5 heteroatoms. The monoisotopic (exact) mass is 642 g/mol. The van der Waals surface area contributed by atoms with Gasteiger partial charge in [-0.1, -0.05) is 66.0 Å². The lowest BCUT2D eigenvalue weighted by Crippen LogP contribution is -2.51. The van der Waals surface area contributed by atoms with Gasteiger partial charge in [0.25, 0.3) is 0 Å². The SMILES string of the molecule is CC[C@H](CC[C@@H](C)[C@H]1CC[C@H]2[C@@H]3CC=C4C[C@@H](OC(=O)N(CCCC(C)(C)N)CCC(C)(C)N)CC[C@]4(C)[C@H]3CC[C@]12C)C(C)C. The van der Waals surface area contributed by atoms with Gasteiger partial charge in [0, 0.05) is 30.6 Å². The summed E-state index contributed by atoms with van der Waals surface area (Å²) in [6, 6.07) is 0. The molecule has 46 heavy (non-hydrogen) atoms. The first-order valence-electron chi connectivity index (χ1n) is 19.6. The van der Waals surface area contributed by atoms with Gasteiger partial charge in [0.05, 0.1) is 0 Å².